The molecule has 3 fully saturated rings. The van der Waals surface area contributed by atoms with E-state index in [2.05, 4.69) is 11.9 Å². The monoisotopic (exact) mass is 317 g/mol. The Hall–Kier alpha value is -1.82. The molecular weight excluding hydrogens is 294 g/mol. The normalized spacial score (nSPS) is 30.9. The minimum Gasteiger partial charge on any atom is -0.472 e. The zero-order chi connectivity index (χ0) is 16.0. The average molecular weight is 317 g/mol. The van der Waals surface area contributed by atoms with Crippen molar-refractivity contribution in [2.75, 3.05) is 46.3 Å². The van der Waals surface area contributed by atoms with Gasteiger partial charge in [0.1, 0.15) is 6.26 Å². The molecule has 2 atom stereocenters. The molecule has 3 aliphatic rings. The van der Waals surface area contributed by atoms with E-state index in [1.165, 1.54) is 12.5 Å². The Labute approximate surface area is 136 Å². The Morgan fingerprint density at radius 1 is 1.17 bits per heavy atom. The third kappa shape index (κ3) is 2.27. The number of rotatable bonds is 2. The molecule has 2 amide bonds. The summed E-state index contributed by atoms with van der Waals surface area (Å²) in [5.74, 6) is 0.465. The first-order chi connectivity index (χ1) is 11.1. The highest BCUT2D eigenvalue weighted by molar-refractivity contribution is 5.95. The quantitative estimate of drug-likeness (QED) is 0.813. The minimum absolute atomic E-state index is 0.0237. The average Bonchev–Trinajstić information content (AvgIpc) is 3.28. The number of hydrogen-bond acceptors (Lipinski definition) is 4. The summed E-state index contributed by atoms with van der Waals surface area (Å²) < 4.78 is 5.03. The largest absolute Gasteiger partial charge is 0.472 e. The van der Waals surface area contributed by atoms with Gasteiger partial charge >= 0.3 is 0 Å². The van der Waals surface area contributed by atoms with Crippen molar-refractivity contribution < 1.29 is 14.0 Å². The fourth-order valence-electron chi connectivity index (χ4n) is 4.58. The van der Waals surface area contributed by atoms with Crippen LogP contribution >= 0.6 is 0 Å². The molecular formula is C17H23N3O3. The summed E-state index contributed by atoms with van der Waals surface area (Å²) in [6.45, 7) is 4.56. The Morgan fingerprint density at radius 3 is 2.65 bits per heavy atom. The molecule has 3 aliphatic heterocycles. The maximum Gasteiger partial charge on any atom is 0.257 e. The standard InChI is InChI=1S/C17H23N3O3/c1-18-8-14-9-20(15(21)13-4-7-23-10-13)12-17(14,11-18)16(22)19-5-2-3-6-19/h4,7,10,14H,2-3,5-6,8-9,11-12H2,1H3. The highest BCUT2D eigenvalue weighted by atomic mass is 16.3. The van der Waals surface area contributed by atoms with E-state index >= 15 is 0 Å². The van der Waals surface area contributed by atoms with Crippen LogP contribution in [0.5, 0.6) is 0 Å². The topological polar surface area (TPSA) is 57.0 Å². The van der Waals surface area contributed by atoms with Crippen LogP contribution in [0.15, 0.2) is 23.0 Å². The molecule has 1 aromatic heterocycles. The molecule has 0 bridgehead atoms. The first kappa shape index (κ1) is 14.8. The van der Waals surface area contributed by atoms with Crippen molar-refractivity contribution in [2.24, 2.45) is 11.3 Å². The lowest BCUT2D eigenvalue weighted by Crippen LogP contribution is -2.48. The fourth-order valence-corrected chi connectivity index (χ4v) is 4.58. The van der Waals surface area contributed by atoms with Crippen LogP contribution in [0.1, 0.15) is 23.2 Å². The molecule has 4 rings (SSSR count). The molecule has 0 aliphatic carbocycles. The van der Waals surface area contributed by atoms with Gasteiger partial charge in [-0.1, -0.05) is 0 Å². The second kappa shape index (κ2) is 5.37. The third-order valence-corrected chi connectivity index (χ3v) is 5.65. The Balaban J connectivity index is 1.58. The van der Waals surface area contributed by atoms with Crippen LogP contribution < -0.4 is 0 Å². The van der Waals surface area contributed by atoms with Crippen molar-refractivity contribution in [3.63, 3.8) is 0 Å². The highest BCUT2D eigenvalue weighted by Gasteiger charge is 2.58. The van der Waals surface area contributed by atoms with Gasteiger partial charge in [-0.05, 0) is 26.0 Å². The molecule has 4 heterocycles. The van der Waals surface area contributed by atoms with E-state index in [4.69, 9.17) is 4.42 Å². The van der Waals surface area contributed by atoms with E-state index in [1.807, 2.05) is 9.80 Å². The lowest BCUT2D eigenvalue weighted by Gasteiger charge is -2.32. The zero-order valence-corrected chi connectivity index (χ0v) is 13.5. The first-order valence-electron chi connectivity index (χ1n) is 8.39. The predicted octanol–water partition coefficient (Wildman–Crippen LogP) is 0.906. The van der Waals surface area contributed by atoms with E-state index in [0.29, 0.717) is 18.7 Å². The Bertz CT molecular complexity index is 609. The van der Waals surface area contributed by atoms with Crippen LogP contribution in [0.2, 0.25) is 0 Å². The molecule has 2 unspecified atom stereocenters. The number of carbonyl (C=O) groups excluding carboxylic acids is 2. The van der Waals surface area contributed by atoms with Gasteiger partial charge < -0.3 is 19.1 Å². The van der Waals surface area contributed by atoms with Crippen molar-refractivity contribution in [1.82, 2.24) is 14.7 Å². The minimum atomic E-state index is -0.418. The van der Waals surface area contributed by atoms with Crippen LogP contribution in [0.4, 0.5) is 0 Å². The molecule has 0 N–H and O–H groups in total. The van der Waals surface area contributed by atoms with E-state index in [1.54, 1.807) is 6.07 Å². The number of carbonyl (C=O) groups is 2. The number of hydrogen-bond donors (Lipinski definition) is 0. The van der Waals surface area contributed by atoms with Crippen LogP contribution in [-0.2, 0) is 4.79 Å². The third-order valence-electron chi connectivity index (χ3n) is 5.65. The molecule has 1 aromatic rings. The van der Waals surface area contributed by atoms with Crippen molar-refractivity contribution in [1.29, 1.82) is 0 Å². The zero-order valence-electron chi connectivity index (χ0n) is 13.5. The van der Waals surface area contributed by atoms with Crippen molar-refractivity contribution in [3.8, 4) is 0 Å². The first-order valence-corrected chi connectivity index (χ1v) is 8.39. The molecule has 6 nitrogen and oxygen atoms in total. The van der Waals surface area contributed by atoms with E-state index < -0.39 is 5.41 Å². The van der Waals surface area contributed by atoms with Gasteiger partial charge in [0.25, 0.3) is 5.91 Å². The van der Waals surface area contributed by atoms with E-state index in [-0.39, 0.29) is 17.7 Å². The molecule has 6 heteroatoms. The summed E-state index contributed by atoms with van der Waals surface area (Å²) in [4.78, 5) is 31.9. The molecule has 0 saturated carbocycles. The maximum atomic E-state index is 13.2. The number of nitrogens with zero attached hydrogens (tertiary/aromatic N) is 3. The van der Waals surface area contributed by atoms with Crippen molar-refractivity contribution in [3.05, 3.63) is 24.2 Å². The Kier molecular flexibility index (Phi) is 3.44. The van der Waals surface area contributed by atoms with Gasteiger partial charge in [0.2, 0.25) is 5.91 Å². The molecule has 0 aromatic carbocycles. The second-order valence-electron chi connectivity index (χ2n) is 7.25. The van der Waals surface area contributed by atoms with Gasteiger partial charge in [0, 0.05) is 45.2 Å². The van der Waals surface area contributed by atoms with Gasteiger partial charge in [-0.15, -0.1) is 0 Å². The molecule has 124 valence electrons. The van der Waals surface area contributed by atoms with Gasteiger partial charge in [0.15, 0.2) is 0 Å². The summed E-state index contributed by atoms with van der Waals surface area (Å²) in [5, 5.41) is 0. The Morgan fingerprint density at radius 2 is 1.96 bits per heavy atom. The smallest absolute Gasteiger partial charge is 0.257 e. The maximum absolute atomic E-state index is 13.2. The van der Waals surface area contributed by atoms with Gasteiger partial charge in [-0.25, -0.2) is 0 Å². The van der Waals surface area contributed by atoms with E-state index in [0.717, 1.165) is 39.0 Å². The lowest BCUT2D eigenvalue weighted by molar-refractivity contribution is -0.141. The summed E-state index contributed by atoms with van der Waals surface area (Å²) in [5.41, 5.74) is 0.153. The van der Waals surface area contributed by atoms with Gasteiger partial charge in [0.05, 0.1) is 17.2 Å². The number of furan rings is 1. The fraction of sp³-hybridized carbons (Fsp3) is 0.647. The number of fused-ring (bicyclic) bond motifs is 1. The second-order valence-corrected chi connectivity index (χ2v) is 7.25. The van der Waals surface area contributed by atoms with Crippen molar-refractivity contribution >= 4 is 11.8 Å². The number of amides is 2. The summed E-state index contributed by atoms with van der Waals surface area (Å²) >= 11 is 0. The van der Waals surface area contributed by atoms with Crippen LogP contribution in [0.3, 0.4) is 0 Å². The highest BCUT2D eigenvalue weighted by Crippen LogP contribution is 2.44. The SMILES string of the molecule is CN1CC2CN(C(=O)c3ccoc3)CC2(C(=O)N2CCCC2)C1. The molecule has 0 spiro atoms. The molecule has 0 radical (unpaired) electrons. The van der Waals surface area contributed by atoms with Crippen LogP contribution in [-0.4, -0.2) is 72.8 Å². The van der Waals surface area contributed by atoms with E-state index in [9.17, 15) is 9.59 Å². The van der Waals surface area contributed by atoms with Crippen LogP contribution in [0.25, 0.3) is 0 Å². The van der Waals surface area contributed by atoms with Gasteiger partial charge in [-0.2, -0.15) is 0 Å². The summed E-state index contributed by atoms with van der Waals surface area (Å²) in [6.07, 6.45) is 5.20. The molecule has 3 saturated heterocycles. The summed E-state index contributed by atoms with van der Waals surface area (Å²) in [6, 6.07) is 1.69. The number of likely N-dealkylation sites (tertiary alicyclic amines) is 3. The van der Waals surface area contributed by atoms with Crippen LogP contribution in [0, 0.1) is 11.3 Å². The predicted molar refractivity (Wildman–Crippen MR) is 83.8 cm³/mol. The molecule has 23 heavy (non-hydrogen) atoms. The van der Waals surface area contributed by atoms with Crippen molar-refractivity contribution in [2.45, 2.75) is 12.8 Å². The van der Waals surface area contributed by atoms with Gasteiger partial charge in [-0.3, -0.25) is 9.59 Å². The lowest BCUT2D eigenvalue weighted by atomic mass is 9.79. The summed E-state index contributed by atoms with van der Waals surface area (Å²) in [7, 11) is 2.07.